The van der Waals surface area contributed by atoms with Crippen LogP contribution in [0.4, 0.5) is 0 Å². The van der Waals surface area contributed by atoms with E-state index < -0.39 is 0 Å². The smallest absolute Gasteiger partial charge is 0.162 e. The minimum absolute atomic E-state index is 0.209. The maximum atomic E-state index is 11.0. The monoisotopic (exact) mass is 162 g/mol. The largest absolute Gasteiger partial charge is 0.294 e. The number of ketones is 1. The van der Waals surface area contributed by atoms with Gasteiger partial charge >= 0.3 is 0 Å². The molecule has 0 aliphatic heterocycles. The Morgan fingerprint density at radius 2 is 1.75 bits per heavy atom. The first-order valence-corrected chi connectivity index (χ1v) is 3.63. The molecule has 62 valence electrons. The second-order valence-electron chi connectivity index (χ2n) is 2.14. The number of hydrogen-bond donors (Lipinski definition) is 0. The molecule has 0 atom stereocenters. The molecule has 0 N–H and O–H groups in total. The highest BCUT2D eigenvalue weighted by molar-refractivity contribution is 5.95. The predicted molar refractivity (Wildman–Crippen MR) is 44.5 cm³/mol. The van der Waals surface area contributed by atoms with Crippen molar-refractivity contribution in [1.82, 2.24) is 0 Å². The molecule has 0 spiro atoms. The molecule has 3 nitrogen and oxygen atoms in total. The van der Waals surface area contributed by atoms with Crippen molar-refractivity contribution in [3.63, 3.8) is 0 Å². The first kappa shape index (κ1) is 10.3. The van der Waals surface area contributed by atoms with Crippen LogP contribution < -0.4 is 0 Å². The van der Waals surface area contributed by atoms with Gasteiger partial charge in [0, 0.05) is 22.8 Å². The van der Waals surface area contributed by atoms with Gasteiger partial charge in [-0.15, -0.1) is 0 Å². The van der Waals surface area contributed by atoms with E-state index in [0.29, 0.717) is 6.42 Å². The molecule has 1 aromatic rings. The highest BCUT2D eigenvalue weighted by atomic mass is 16.1. The second kappa shape index (κ2) is 6.05. The van der Waals surface area contributed by atoms with E-state index in [-0.39, 0.29) is 5.78 Å². The van der Waals surface area contributed by atoms with Gasteiger partial charge in [0.15, 0.2) is 5.78 Å². The SMILES string of the molecule is CCC(=O)c1ccccc1.N#N. The molecule has 0 fully saturated rings. The average molecular weight is 162 g/mol. The van der Waals surface area contributed by atoms with Gasteiger partial charge < -0.3 is 0 Å². The van der Waals surface area contributed by atoms with Crippen LogP contribution in [0, 0.1) is 10.8 Å². The Morgan fingerprint density at radius 1 is 1.25 bits per heavy atom. The molecular weight excluding hydrogens is 152 g/mol. The normalized spacial score (nSPS) is 7.92. The molecule has 0 amide bonds. The van der Waals surface area contributed by atoms with Crippen LogP contribution in [-0.2, 0) is 0 Å². The summed E-state index contributed by atoms with van der Waals surface area (Å²) in [5, 5.41) is 12.0. The minimum Gasteiger partial charge on any atom is -0.294 e. The zero-order valence-electron chi connectivity index (χ0n) is 6.90. The number of rotatable bonds is 2. The Hall–Kier alpha value is -1.69. The molecule has 1 aromatic carbocycles. The Bertz CT molecular complexity index is 254. The molecule has 0 bridgehead atoms. The summed E-state index contributed by atoms with van der Waals surface area (Å²) in [4.78, 5) is 11.0. The molecule has 1 rings (SSSR count). The third kappa shape index (κ3) is 2.93. The van der Waals surface area contributed by atoms with Gasteiger partial charge in [0.05, 0.1) is 0 Å². The molecule has 0 saturated heterocycles. The lowest BCUT2D eigenvalue weighted by molar-refractivity contribution is 0.0988. The van der Waals surface area contributed by atoms with Crippen LogP contribution in [0.1, 0.15) is 23.7 Å². The van der Waals surface area contributed by atoms with Gasteiger partial charge in [-0.3, -0.25) is 4.79 Å². The Labute approximate surface area is 71.4 Å². The first-order chi connectivity index (χ1) is 5.84. The Kier molecular flexibility index (Phi) is 5.20. The molecule has 0 heterocycles. The van der Waals surface area contributed by atoms with Gasteiger partial charge in [-0.2, -0.15) is 0 Å². The van der Waals surface area contributed by atoms with E-state index in [2.05, 4.69) is 0 Å². The van der Waals surface area contributed by atoms with Crippen LogP contribution in [0.3, 0.4) is 0 Å². The fourth-order valence-corrected chi connectivity index (χ4v) is 0.828. The number of hydrogen-bond acceptors (Lipinski definition) is 3. The van der Waals surface area contributed by atoms with Gasteiger partial charge in [-0.1, -0.05) is 37.3 Å². The average Bonchev–Trinajstić information content (AvgIpc) is 2.21. The van der Waals surface area contributed by atoms with Gasteiger partial charge in [0.1, 0.15) is 0 Å². The lowest BCUT2D eigenvalue weighted by Crippen LogP contribution is -1.94. The number of benzene rings is 1. The van der Waals surface area contributed by atoms with Crippen LogP contribution in [0.5, 0.6) is 0 Å². The van der Waals surface area contributed by atoms with E-state index in [1.54, 1.807) is 0 Å². The predicted octanol–water partition coefficient (Wildman–Crippen LogP) is 2.31. The van der Waals surface area contributed by atoms with Crippen molar-refractivity contribution in [3.8, 4) is 0 Å². The lowest BCUT2D eigenvalue weighted by Gasteiger charge is -1.93. The molecule has 0 aromatic heterocycles. The quantitative estimate of drug-likeness (QED) is 0.495. The third-order valence-corrected chi connectivity index (χ3v) is 1.42. The summed E-state index contributed by atoms with van der Waals surface area (Å²) in [5.74, 6) is 0.209. The zero-order valence-corrected chi connectivity index (χ0v) is 6.90. The van der Waals surface area contributed by atoms with Crippen molar-refractivity contribution in [2.75, 3.05) is 0 Å². The summed E-state index contributed by atoms with van der Waals surface area (Å²) in [7, 11) is 0. The summed E-state index contributed by atoms with van der Waals surface area (Å²) < 4.78 is 0. The summed E-state index contributed by atoms with van der Waals surface area (Å²) in [5.41, 5.74) is 0.810. The Morgan fingerprint density at radius 3 is 2.17 bits per heavy atom. The topological polar surface area (TPSA) is 64.7 Å². The van der Waals surface area contributed by atoms with E-state index in [4.69, 9.17) is 10.8 Å². The number of nitrogens with zero attached hydrogens (tertiary/aromatic N) is 2. The van der Waals surface area contributed by atoms with E-state index in [9.17, 15) is 4.79 Å². The Balaban J connectivity index is 0.000000561. The fraction of sp³-hybridized carbons (Fsp3) is 0.222. The molecule has 0 aliphatic rings. The summed E-state index contributed by atoms with van der Waals surface area (Å²) >= 11 is 0. The molecule has 0 saturated carbocycles. The lowest BCUT2D eigenvalue weighted by atomic mass is 10.1. The molecular formula is C9H10N2O. The van der Waals surface area contributed by atoms with E-state index in [1.807, 2.05) is 37.3 Å². The molecule has 12 heavy (non-hydrogen) atoms. The second-order valence-corrected chi connectivity index (χ2v) is 2.14. The molecule has 0 radical (unpaired) electrons. The van der Waals surface area contributed by atoms with Crippen molar-refractivity contribution in [2.24, 2.45) is 0 Å². The van der Waals surface area contributed by atoms with E-state index in [0.717, 1.165) is 5.56 Å². The van der Waals surface area contributed by atoms with Crippen molar-refractivity contribution >= 4 is 5.78 Å². The van der Waals surface area contributed by atoms with Gasteiger partial charge in [-0.05, 0) is 0 Å². The van der Waals surface area contributed by atoms with Gasteiger partial charge in [0.25, 0.3) is 0 Å². The van der Waals surface area contributed by atoms with Crippen LogP contribution in [-0.4, -0.2) is 5.78 Å². The summed E-state index contributed by atoms with van der Waals surface area (Å²) in [6, 6.07) is 9.34. The van der Waals surface area contributed by atoms with Crippen molar-refractivity contribution in [1.29, 1.82) is 10.8 Å². The van der Waals surface area contributed by atoms with Crippen molar-refractivity contribution < 1.29 is 4.79 Å². The van der Waals surface area contributed by atoms with Crippen molar-refractivity contribution in [2.45, 2.75) is 13.3 Å². The van der Waals surface area contributed by atoms with Crippen molar-refractivity contribution in [3.05, 3.63) is 35.9 Å². The molecule has 0 aliphatic carbocycles. The number of carbonyl (C=O) groups excluding carboxylic acids is 1. The maximum absolute atomic E-state index is 11.0. The zero-order chi connectivity index (χ0) is 9.40. The van der Waals surface area contributed by atoms with Crippen LogP contribution in [0.2, 0.25) is 0 Å². The van der Waals surface area contributed by atoms with E-state index >= 15 is 0 Å². The van der Waals surface area contributed by atoms with E-state index in [1.165, 1.54) is 0 Å². The summed E-state index contributed by atoms with van der Waals surface area (Å²) in [6.45, 7) is 1.87. The number of carbonyl (C=O) groups is 1. The van der Waals surface area contributed by atoms with Gasteiger partial charge in [-0.25, -0.2) is 0 Å². The third-order valence-electron chi connectivity index (χ3n) is 1.42. The minimum atomic E-state index is 0.209. The first-order valence-electron chi connectivity index (χ1n) is 3.63. The van der Waals surface area contributed by atoms with Crippen LogP contribution in [0.15, 0.2) is 30.3 Å². The van der Waals surface area contributed by atoms with Gasteiger partial charge in [0.2, 0.25) is 0 Å². The fourth-order valence-electron chi connectivity index (χ4n) is 0.828. The highest BCUT2D eigenvalue weighted by Gasteiger charge is 1.98. The standard InChI is InChI=1S/C9H10O.N2/c1-2-9(10)8-6-4-3-5-7-8;1-2/h3-7H,2H2,1H3;. The molecule has 3 heteroatoms. The summed E-state index contributed by atoms with van der Waals surface area (Å²) in [6.07, 6.45) is 0.587. The molecule has 0 unspecified atom stereocenters. The maximum Gasteiger partial charge on any atom is 0.162 e. The van der Waals surface area contributed by atoms with Crippen LogP contribution >= 0.6 is 0 Å². The highest BCUT2D eigenvalue weighted by Crippen LogP contribution is 2.01. The number of Topliss-reactive ketones (excluding diaryl/α,β-unsaturated/α-hetero) is 1. The van der Waals surface area contributed by atoms with Crippen LogP contribution in [0.25, 0.3) is 0 Å².